The Hall–Kier alpha value is 1.14. The zero-order valence-corrected chi connectivity index (χ0v) is 21.0. The molecule has 0 atom stereocenters. The van der Waals surface area contributed by atoms with E-state index in [1.54, 1.807) is 16.2 Å². The van der Waals surface area contributed by atoms with E-state index in [0.717, 1.165) is 10.3 Å². The van der Waals surface area contributed by atoms with Crippen molar-refractivity contribution in [2.75, 3.05) is 0 Å². The Labute approximate surface area is 185 Å². The van der Waals surface area contributed by atoms with Crippen molar-refractivity contribution in [3.63, 3.8) is 0 Å². The fourth-order valence-corrected chi connectivity index (χ4v) is 7.76. The number of thiazole rings is 2. The molecule has 24 heavy (non-hydrogen) atoms. The van der Waals surface area contributed by atoms with Gasteiger partial charge >= 0.3 is 94.1 Å². The van der Waals surface area contributed by atoms with E-state index in [9.17, 15) is 0 Å². The van der Waals surface area contributed by atoms with Crippen molar-refractivity contribution in [3.8, 4) is 0 Å². The van der Waals surface area contributed by atoms with E-state index in [-0.39, 0.29) is 40.0 Å². The van der Waals surface area contributed by atoms with Crippen LogP contribution in [0.2, 0.25) is 4.94 Å². The van der Waals surface area contributed by atoms with Crippen LogP contribution >= 0.6 is 38.6 Å². The van der Waals surface area contributed by atoms with Crippen molar-refractivity contribution in [1.82, 2.24) is 9.97 Å². The maximum absolute atomic E-state index is 4.60. The summed E-state index contributed by atoms with van der Waals surface area (Å²) in [5, 5.41) is 0. The van der Waals surface area contributed by atoms with Gasteiger partial charge in [0.05, 0.1) is 5.69 Å². The summed E-state index contributed by atoms with van der Waals surface area (Å²) in [7, 11) is 0. The molecule has 0 aliphatic heterocycles. The van der Waals surface area contributed by atoms with Crippen molar-refractivity contribution in [3.05, 3.63) is 32.0 Å². The maximum Gasteiger partial charge on any atom is 1.00 e. The van der Waals surface area contributed by atoms with Gasteiger partial charge in [-0.2, -0.15) is 6.42 Å². The summed E-state index contributed by atoms with van der Waals surface area (Å²) in [6.45, 7) is 5.72. The Balaban J connectivity index is 0.000000192. The van der Waals surface area contributed by atoms with Crippen LogP contribution in [0.3, 0.4) is 0 Å². The predicted molar refractivity (Wildman–Crippen MR) is 107 cm³/mol. The van der Waals surface area contributed by atoms with Crippen molar-refractivity contribution >= 4 is 62.8 Å². The van der Waals surface area contributed by atoms with E-state index in [1.165, 1.54) is 64.2 Å². The second-order valence-electron chi connectivity index (χ2n) is 5.54. The molecule has 2 radical (unpaired) electrons. The number of hydrogen-bond acceptors (Lipinski definition) is 4. The fourth-order valence-electron chi connectivity index (χ4n) is 2.46. The van der Waals surface area contributed by atoms with E-state index in [4.69, 9.17) is 0 Å². The zero-order valence-electron chi connectivity index (χ0n) is 15.0. The number of unbranched alkanes of at least 4 members (excludes halogenated alkanes) is 1. The minimum absolute atomic E-state index is 0. The van der Waals surface area contributed by atoms with Gasteiger partial charge in [0.1, 0.15) is 0 Å². The average molecular weight is 526 g/mol. The van der Waals surface area contributed by atoms with Gasteiger partial charge < -0.3 is 6.92 Å². The smallest absolute Gasteiger partial charge is 1.00 e. The minimum atomic E-state index is -0.221. The van der Waals surface area contributed by atoms with Gasteiger partial charge in [-0.3, -0.25) is 0 Å². The molecule has 0 fully saturated rings. The summed E-state index contributed by atoms with van der Waals surface area (Å²) in [4.78, 5) is 14.4. The van der Waals surface area contributed by atoms with Crippen LogP contribution < -0.4 is 21.9 Å². The molecule has 0 saturated heterocycles. The standard InChI is InChI=1S/C6H6BrNS.C6H6NS.C4H9.CH3.Li.Sn/c7-6-8-4-2-1-3-5(4)9-6;1-2-5-6(3-1)8-4-7-5;1-3-4-2;;;/h1-3H2;1-3H2;1,3-4H2,2H3;1H3;;/q;;-1;;+1;. The van der Waals surface area contributed by atoms with E-state index in [2.05, 4.69) is 44.7 Å². The van der Waals surface area contributed by atoms with E-state index >= 15 is 0 Å². The molecular weight excluding hydrogens is 502 g/mol. The molecule has 0 spiro atoms. The van der Waals surface area contributed by atoms with Gasteiger partial charge in [-0.15, -0.1) is 11.3 Å². The molecule has 0 bridgehead atoms. The first-order valence-electron chi connectivity index (χ1n) is 8.27. The second-order valence-corrected chi connectivity index (χ2v) is 12.8. The Morgan fingerprint density at radius 3 is 2.04 bits per heavy atom. The summed E-state index contributed by atoms with van der Waals surface area (Å²) >= 11 is 6.91. The van der Waals surface area contributed by atoms with E-state index in [1.807, 2.05) is 11.3 Å². The number of nitrogens with zero attached hydrogens (tertiary/aromatic N) is 2. The van der Waals surface area contributed by atoms with Gasteiger partial charge in [0.15, 0.2) is 3.92 Å². The molecule has 2 heterocycles. The van der Waals surface area contributed by atoms with Crippen LogP contribution in [0.1, 0.15) is 53.7 Å². The molecule has 2 aliphatic rings. The van der Waals surface area contributed by atoms with Gasteiger partial charge in [-0.25, -0.2) is 4.98 Å². The molecule has 0 amide bonds. The van der Waals surface area contributed by atoms with E-state index < -0.39 is 0 Å². The topological polar surface area (TPSA) is 25.8 Å². The van der Waals surface area contributed by atoms with Crippen LogP contribution in [-0.2, 0) is 25.7 Å². The molecule has 2 aromatic rings. The summed E-state index contributed by atoms with van der Waals surface area (Å²) in [5.41, 5.74) is 2.76. The number of fused-ring (bicyclic) bond motifs is 2. The van der Waals surface area contributed by atoms with Crippen LogP contribution in [0.4, 0.5) is 0 Å². The third kappa shape index (κ3) is 7.04. The molecule has 126 valence electrons. The van der Waals surface area contributed by atoms with Crippen LogP contribution in [0.25, 0.3) is 0 Å². The first-order chi connectivity index (χ1) is 11.2. The number of rotatable bonds is 2. The summed E-state index contributed by atoms with van der Waals surface area (Å²) in [6.07, 6.45) is 9.94. The van der Waals surface area contributed by atoms with Crippen molar-refractivity contribution in [1.29, 1.82) is 0 Å². The molecule has 0 unspecified atom stereocenters. The van der Waals surface area contributed by atoms with Gasteiger partial charge in [0, 0.05) is 4.88 Å². The largest absolute Gasteiger partial charge is 1.00 e. The Morgan fingerprint density at radius 2 is 1.58 bits per heavy atom. The molecule has 2 nitrogen and oxygen atoms in total. The van der Waals surface area contributed by atoms with Gasteiger partial charge in [-0.1, -0.05) is 13.3 Å². The monoisotopic (exact) mass is 526 g/mol. The van der Waals surface area contributed by atoms with Gasteiger partial charge in [-0.05, 0) is 35.2 Å². The number of hydrogen-bond donors (Lipinski definition) is 0. The third-order valence-corrected chi connectivity index (χ3v) is 10.1. The Morgan fingerprint density at radius 1 is 1.04 bits per heavy atom. The third-order valence-electron chi connectivity index (χ3n) is 3.73. The van der Waals surface area contributed by atoms with Crippen molar-refractivity contribution in [2.24, 2.45) is 0 Å². The minimum Gasteiger partial charge on any atom is 1.00 e. The van der Waals surface area contributed by atoms with Crippen LogP contribution in [0.5, 0.6) is 0 Å². The SMILES string of the molecule is Brc1nc2c(s1)CCC2.[CH2-]CCC.[CH3][Sn][c]1nc2c(s1)CCC2.[Li+]. The second kappa shape index (κ2) is 12.5. The summed E-state index contributed by atoms with van der Waals surface area (Å²) < 4.78 is 2.54. The van der Waals surface area contributed by atoms with Crippen molar-refractivity contribution < 1.29 is 18.9 Å². The first-order valence-corrected chi connectivity index (χ1v) is 15.0. The molecule has 0 saturated carbocycles. The van der Waals surface area contributed by atoms with Gasteiger partial charge in [0.25, 0.3) is 0 Å². The molecule has 4 rings (SSSR count). The van der Waals surface area contributed by atoms with Gasteiger partial charge in [0.2, 0.25) is 0 Å². The van der Waals surface area contributed by atoms with Crippen molar-refractivity contribution in [2.45, 2.75) is 63.2 Å². The normalized spacial score (nSPS) is 13.8. The fraction of sp³-hybridized carbons (Fsp3) is 0.588. The number of aryl methyl sites for hydroxylation is 4. The summed E-state index contributed by atoms with van der Waals surface area (Å²) in [5.74, 6) is 0. The predicted octanol–water partition coefficient (Wildman–Crippen LogP) is 2.03. The molecule has 7 heteroatoms. The van der Waals surface area contributed by atoms with Crippen LogP contribution in [-0.4, -0.2) is 31.1 Å². The Bertz CT molecular complexity index is 571. The quantitative estimate of drug-likeness (QED) is 0.443. The Kier molecular flexibility index (Phi) is 12.1. The molecule has 0 aromatic carbocycles. The average Bonchev–Trinajstić information content (AvgIpc) is 3.27. The van der Waals surface area contributed by atoms with Crippen LogP contribution in [0.15, 0.2) is 3.92 Å². The molecule has 2 aromatic heterocycles. The zero-order chi connectivity index (χ0) is 16.7. The van der Waals surface area contributed by atoms with E-state index in [0.29, 0.717) is 0 Å². The number of aromatic nitrogens is 2. The summed E-state index contributed by atoms with van der Waals surface area (Å²) in [6, 6.07) is 0. The molecule has 2 aliphatic carbocycles. The number of halogens is 1. The maximum atomic E-state index is 4.60. The molecule has 0 N–H and O–H groups in total. The molecular formula is C17H24BrLiN2S2Sn. The van der Waals surface area contributed by atoms with Crippen LogP contribution in [0, 0.1) is 6.92 Å². The first kappa shape index (κ1) is 23.2.